The molecule has 7 rings (SSSR count). The van der Waals surface area contributed by atoms with E-state index in [4.69, 9.17) is 16.6 Å². The van der Waals surface area contributed by atoms with Crippen LogP contribution >= 0.6 is 22.9 Å². The van der Waals surface area contributed by atoms with E-state index in [1.165, 1.54) is 22.6 Å². The fraction of sp³-hybridized carbons (Fsp3) is 0.312. The number of benzene rings is 2. The second-order valence-electron chi connectivity index (χ2n) is 11.2. The van der Waals surface area contributed by atoms with E-state index in [1.807, 2.05) is 35.7 Å². The average molecular weight is 613 g/mol. The molecule has 2 N–H and O–H groups in total. The Hall–Kier alpha value is -3.83. The van der Waals surface area contributed by atoms with Gasteiger partial charge in [-0.1, -0.05) is 23.7 Å². The lowest BCUT2D eigenvalue weighted by Gasteiger charge is -2.34. The predicted octanol–water partition coefficient (Wildman–Crippen LogP) is 5.52. The molecule has 2 saturated heterocycles. The minimum Gasteiger partial charge on any atom is -0.369 e. The number of likely N-dealkylation sites (N-methyl/N-ethyl adjacent to an activating group) is 1. The lowest BCUT2D eigenvalue weighted by atomic mass is 9.90. The Morgan fingerprint density at radius 2 is 1.86 bits per heavy atom. The molecule has 1 unspecified atom stereocenters. The van der Waals surface area contributed by atoms with Crippen LogP contribution in [0.5, 0.6) is 0 Å². The Balaban J connectivity index is 1.22. The molecule has 5 aromatic rings. The average Bonchev–Trinajstić information content (AvgIpc) is 3.57. The number of nitrogens with zero attached hydrogens (tertiary/aromatic N) is 6. The Morgan fingerprint density at radius 3 is 2.58 bits per heavy atom. The lowest BCUT2D eigenvalue weighted by molar-refractivity contribution is 0.313. The first-order valence-corrected chi connectivity index (χ1v) is 15.9. The number of nitrogens with one attached hydrogen (secondary N) is 2. The molecule has 0 saturated carbocycles. The molecule has 2 aromatic carbocycles. The van der Waals surface area contributed by atoms with E-state index in [1.54, 1.807) is 17.0 Å². The molecule has 0 aliphatic carbocycles. The highest BCUT2D eigenvalue weighted by atomic mass is 35.5. The molecule has 3 aromatic heterocycles. The van der Waals surface area contributed by atoms with Gasteiger partial charge in [-0.25, -0.2) is 14.5 Å². The van der Waals surface area contributed by atoms with Gasteiger partial charge in [0.05, 0.1) is 0 Å². The normalized spacial score (nSPS) is 17.8. The number of aromatic nitrogens is 4. The summed E-state index contributed by atoms with van der Waals surface area (Å²) < 4.78 is 1.56. The van der Waals surface area contributed by atoms with Gasteiger partial charge in [0.25, 0.3) is 5.56 Å². The number of piperazine rings is 1. The number of rotatable bonds is 6. The highest BCUT2D eigenvalue weighted by Crippen LogP contribution is 2.33. The molecule has 9 nitrogen and oxygen atoms in total. The topological polar surface area (TPSA) is 91.2 Å². The van der Waals surface area contributed by atoms with Gasteiger partial charge in [0.2, 0.25) is 5.95 Å². The summed E-state index contributed by atoms with van der Waals surface area (Å²) >= 11 is 8.22. The molecule has 5 heterocycles. The third-order valence-corrected chi connectivity index (χ3v) is 9.46. The van der Waals surface area contributed by atoms with Crippen LogP contribution in [0.3, 0.4) is 0 Å². The molecular weight excluding hydrogens is 580 g/mol. The molecule has 11 heteroatoms. The fourth-order valence-corrected chi connectivity index (χ4v) is 6.87. The zero-order chi connectivity index (χ0) is 29.3. The van der Waals surface area contributed by atoms with E-state index in [0.29, 0.717) is 38.8 Å². The minimum absolute atomic E-state index is 0.224. The van der Waals surface area contributed by atoms with Gasteiger partial charge in [-0.2, -0.15) is 4.98 Å². The maximum Gasteiger partial charge on any atom is 0.266 e. The van der Waals surface area contributed by atoms with Gasteiger partial charge >= 0.3 is 0 Å². The summed E-state index contributed by atoms with van der Waals surface area (Å²) in [4.78, 5) is 32.7. The molecule has 0 amide bonds. The van der Waals surface area contributed by atoms with Crippen LogP contribution in [-0.4, -0.2) is 70.7 Å². The first kappa shape index (κ1) is 28.0. The van der Waals surface area contributed by atoms with E-state index in [9.17, 15) is 4.79 Å². The fourth-order valence-electron chi connectivity index (χ4n) is 5.94. The second-order valence-corrected chi connectivity index (χ2v) is 12.5. The molecule has 43 heavy (non-hydrogen) atoms. The van der Waals surface area contributed by atoms with Crippen LogP contribution in [0.1, 0.15) is 24.3 Å². The zero-order valence-electron chi connectivity index (χ0n) is 24.0. The molecule has 0 radical (unpaired) electrons. The molecule has 0 spiro atoms. The summed E-state index contributed by atoms with van der Waals surface area (Å²) in [5.74, 6) is 0.826. The van der Waals surface area contributed by atoms with Crippen LogP contribution in [0.2, 0.25) is 5.02 Å². The monoisotopic (exact) mass is 612 g/mol. The number of fused-ring (bicyclic) bond motifs is 1. The SMILES string of the molecule is CN1CCN(c2ccc(Nc3ncc4cc(-c5ccc(C6CCCNC6)cc5Cl)c(=O)n(-c5nccs5)c4n3)cc2)CC1. The highest BCUT2D eigenvalue weighted by molar-refractivity contribution is 7.12. The van der Waals surface area contributed by atoms with Gasteiger partial charge in [-0.3, -0.25) is 4.79 Å². The van der Waals surface area contributed by atoms with Crippen molar-refractivity contribution in [3.8, 4) is 16.3 Å². The Kier molecular flexibility index (Phi) is 7.83. The first-order chi connectivity index (χ1) is 21.0. The quantitative estimate of drug-likeness (QED) is 0.259. The summed E-state index contributed by atoms with van der Waals surface area (Å²) in [7, 11) is 2.16. The van der Waals surface area contributed by atoms with Crippen molar-refractivity contribution < 1.29 is 0 Å². The van der Waals surface area contributed by atoms with Crippen molar-refractivity contribution in [3.05, 3.63) is 87.2 Å². The number of thiazole rings is 1. The van der Waals surface area contributed by atoms with Gasteiger partial charge in [-0.15, -0.1) is 11.3 Å². The van der Waals surface area contributed by atoms with Crippen molar-refractivity contribution in [2.75, 3.05) is 56.5 Å². The van der Waals surface area contributed by atoms with Crippen molar-refractivity contribution in [1.82, 2.24) is 29.7 Å². The maximum absolute atomic E-state index is 14.1. The van der Waals surface area contributed by atoms with Crippen LogP contribution in [0.25, 0.3) is 27.3 Å². The van der Waals surface area contributed by atoms with Crippen LogP contribution in [0.15, 0.2) is 71.1 Å². The van der Waals surface area contributed by atoms with Gasteiger partial charge in [0, 0.05) is 83.4 Å². The predicted molar refractivity (Wildman–Crippen MR) is 176 cm³/mol. The van der Waals surface area contributed by atoms with Crippen molar-refractivity contribution in [2.24, 2.45) is 0 Å². The molecular formula is C32H33ClN8OS. The molecule has 2 aliphatic rings. The smallest absolute Gasteiger partial charge is 0.266 e. The molecule has 2 fully saturated rings. The second kappa shape index (κ2) is 12.0. The maximum atomic E-state index is 14.1. The Morgan fingerprint density at radius 1 is 1.02 bits per heavy atom. The van der Waals surface area contributed by atoms with E-state index in [2.05, 4.69) is 55.6 Å². The van der Waals surface area contributed by atoms with Crippen LogP contribution in [0, 0.1) is 0 Å². The number of hydrogen-bond acceptors (Lipinski definition) is 9. The van der Waals surface area contributed by atoms with Crippen molar-refractivity contribution >= 4 is 51.3 Å². The Labute approximate surface area is 259 Å². The number of hydrogen-bond donors (Lipinski definition) is 2. The van der Waals surface area contributed by atoms with Gasteiger partial charge < -0.3 is 20.4 Å². The first-order valence-electron chi connectivity index (χ1n) is 14.7. The summed E-state index contributed by atoms with van der Waals surface area (Å²) in [6.07, 6.45) is 5.70. The summed E-state index contributed by atoms with van der Waals surface area (Å²) in [5, 5.41) is 10.4. The van der Waals surface area contributed by atoms with Gasteiger partial charge in [0.15, 0.2) is 10.8 Å². The number of pyridine rings is 1. The van der Waals surface area contributed by atoms with Crippen molar-refractivity contribution in [2.45, 2.75) is 18.8 Å². The van der Waals surface area contributed by atoms with E-state index < -0.39 is 0 Å². The number of piperidine rings is 1. The van der Waals surface area contributed by atoms with Crippen LogP contribution < -0.4 is 21.1 Å². The summed E-state index contributed by atoms with van der Waals surface area (Å²) in [6, 6.07) is 16.2. The highest BCUT2D eigenvalue weighted by Gasteiger charge is 2.21. The molecule has 1 atom stereocenters. The van der Waals surface area contributed by atoms with Gasteiger partial charge in [-0.05, 0) is 74.3 Å². The van der Waals surface area contributed by atoms with E-state index in [0.717, 1.165) is 63.2 Å². The van der Waals surface area contributed by atoms with E-state index in [-0.39, 0.29) is 5.56 Å². The lowest BCUT2D eigenvalue weighted by Crippen LogP contribution is -2.44. The summed E-state index contributed by atoms with van der Waals surface area (Å²) in [5.41, 5.74) is 4.70. The molecule has 220 valence electrons. The van der Waals surface area contributed by atoms with Crippen molar-refractivity contribution in [1.29, 1.82) is 0 Å². The number of anilines is 3. The van der Waals surface area contributed by atoms with E-state index >= 15 is 0 Å². The van der Waals surface area contributed by atoms with Gasteiger partial charge in [0.1, 0.15) is 0 Å². The minimum atomic E-state index is -0.224. The standard InChI is InChI=1S/C32H33ClN8OS/c1-39-12-14-40(15-13-39)25-7-5-24(6-8-25)37-31-36-20-23-17-27(30(42)41(29(23)38-31)32-35-11-16-43-32)26-9-4-21(18-28(26)33)22-3-2-10-34-19-22/h4-9,11,16-18,20,22,34H,2-3,10,12-15,19H2,1H3,(H,36,37,38). The van der Waals surface area contributed by atoms with Crippen molar-refractivity contribution in [3.63, 3.8) is 0 Å². The van der Waals surface area contributed by atoms with Crippen LogP contribution in [-0.2, 0) is 0 Å². The third-order valence-electron chi connectivity index (χ3n) is 8.40. The number of halogens is 1. The Bertz CT molecular complexity index is 1790. The largest absolute Gasteiger partial charge is 0.369 e. The molecule has 2 aliphatic heterocycles. The van der Waals surface area contributed by atoms with Crippen LogP contribution in [0.4, 0.5) is 17.3 Å². The molecule has 0 bridgehead atoms. The third kappa shape index (κ3) is 5.75. The zero-order valence-corrected chi connectivity index (χ0v) is 25.5. The summed E-state index contributed by atoms with van der Waals surface area (Å²) in [6.45, 7) is 6.14.